The van der Waals surface area contributed by atoms with Crippen LogP contribution < -0.4 is 0 Å². The monoisotopic (exact) mass is 370 g/mol. The third-order valence-corrected chi connectivity index (χ3v) is 3.99. The van der Waals surface area contributed by atoms with Crippen LogP contribution in [0.5, 0.6) is 0 Å². The van der Waals surface area contributed by atoms with Gasteiger partial charge >= 0.3 is 0 Å². The summed E-state index contributed by atoms with van der Waals surface area (Å²) in [6.07, 6.45) is 0.389. The number of Topliss-reactive ketones (excluding diaryl/α,β-unsaturated/α-hetero) is 1. The van der Waals surface area contributed by atoms with Gasteiger partial charge in [-0.1, -0.05) is 35.9 Å². The number of hydrogen-bond donors (Lipinski definition) is 0. The fourth-order valence-electron chi connectivity index (χ4n) is 1.75. The van der Waals surface area contributed by atoms with Crippen LogP contribution in [0.1, 0.15) is 21.5 Å². The molecule has 0 aromatic heterocycles. The average Bonchev–Trinajstić information content (AvgIpc) is 2.35. The van der Waals surface area contributed by atoms with E-state index in [1.165, 1.54) is 0 Å². The van der Waals surface area contributed by atoms with E-state index in [1.807, 2.05) is 43.3 Å². The summed E-state index contributed by atoms with van der Waals surface area (Å²) in [5, 5.41) is 0.563. The Balaban J connectivity index is 2.22. The normalized spacial score (nSPS) is 10.4. The van der Waals surface area contributed by atoms with E-state index in [4.69, 9.17) is 11.6 Å². The number of benzene rings is 2. The summed E-state index contributed by atoms with van der Waals surface area (Å²) in [4.78, 5) is 12.2. The highest BCUT2D eigenvalue weighted by atomic mass is 127. The quantitative estimate of drug-likeness (QED) is 0.566. The number of hydrogen-bond acceptors (Lipinski definition) is 1. The van der Waals surface area contributed by atoms with Crippen molar-refractivity contribution in [1.82, 2.24) is 0 Å². The molecule has 0 spiro atoms. The molecule has 0 aliphatic rings. The molecule has 92 valence electrons. The predicted molar refractivity (Wildman–Crippen MR) is 83.4 cm³/mol. The largest absolute Gasteiger partial charge is 0.294 e. The molecule has 0 saturated carbocycles. The zero-order valence-corrected chi connectivity index (χ0v) is 12.8. The fraction of sp³-hybridized carbons (Fsp3) is 0.133. The smallest absolute Gasteiger partial charge is 0.168 e. The van der Waals surface area contributed by atoms with Gasteiger partial charge in [0.2, 0.25) is 0 Å². The van der Waals surface area contributed by atoms with Gasteiger partial charge in [-0.3, -0.25) is 4.79 Å². The minimum Gasteiger partial charge on any atom is -0.294 e. The Labute approximate surface area is 125 Å². The van der Waals surface area contributed by atoms with Crippen molar-refractivity contribution in [3.05, 3.63) is 67.7 Å². The summed E-state index contributed by atoms with van der Waals surface area (Å²) < 4.78 is 1.16. The highest BCUT2D eigenvalue weighted by Crippen LogP contribution is 2.22. The summed E-state index contributed by atoms with van der Waals surface area (Å²) in [6.45, 7) is 1.91. The van der Waals surface area contributed by atoms with E-state index in [1.54, 1.807) is 6.07 Å². The van der Waals surface area contributed by atoms with Crippen LogP contribution in [0.3, 0.4) is 0 Å². The number of ketones is 1. The first-order valence-electron chi connectivity index (χ1n) is 5.60. The van der Waals surface area contributed by atoms with Crippen LogP contribution in [0.25, 0.3) is 0 Å². The Morgan fingerprint density at radius 2 is 1.83 bits per heavy atom. The zero-order valence-electron chi connectivity index (χ0n) is 9.91. The number of rotatable bonds is 3. The summed E-state index contributed by atoms with van der Waals surface area (Å²) >= 11 is 8.40. The molecule has 0 fully saturated rings. The van der Waals surface area contributed by atoms with E-state index in [-0.39, 0.29) is 5.78 Å². The Morgan fingerprint density at radius 3 is 2.50 bits per heavy atom. The van der Waals surface area contributed by atoms with Crippen molar-refractivity contribution in [3.63, 3.8) is 0 Å². The van der Waals surface area contributed by atoms with Crippen molar-refractivity contribution in [1.29, 1.82) is 0 Å². The average molecular weight is 371 g/mol. The Kier molecular flexibility index (Phi) is 4.40. The first-order valence-corrected chi connectivity index (χ1v) is 7.06. The van der Waals surface area contributed by atoms with Gasteiger partial charge in [0, 0.05) is 15.6 Å². The second kappa shape index (κ2) is 5.85. The van der Waals surface area contributed by atoms with Gasteiger partial charge in [0.15, 0.2) is 5.78 Å². The topological polar surface area (TPSA) is 17.1 Å². The van der Waals surface area contributed by atoms with Crippen molar-refractivity contribution in [3.8, 4) is 0 Å². The molecule has 1 nitrogen and oxygen atoms in total. The van der Waals surface area contributed by atoms with E-state index < -0.39 is 0 Å². The molecule has 18 heavy (non-hydrogen) atoms. The molecule has 0 unspecified atom stereocenters. The maximum absolute atomic E-state index is 12.2. The molecular weight excluding hydrogens is 359 g/mol. The number of halogens is 2. The number of aryl methyl sites for hydroxylation is 1. The third-order valence-electron chi connectivity index (χ3n) is 2.77. The molecule has 0 bridgehead atoms. The highest BCUT2D eigenvalue weighted by molar-refractivity contribution is 14.1. The molecular formula is C15H12ClIO. The molecule has 2 rings (SSSR count). The van der Waals surface area contributed by atoms with Crippen molar-refractivity contribution < 1.29 is 4.79 Å². The summed E-state index contributed by atoms with van der Waals surface area (Å²) in [6, 6.07) is 13.5. The molecule has 2 aromatic rings. The van der Waals surface area contributed by atoms with Crippen LogP contribution in [0.2, 0.25) is 5.02 Å². The van der Waals surface area contributed by atoms with Gasteiger partial charge in [-0.15, -0.1) is 0 Å². The SMILES string of the molecule is Cc1cccc(C(=O)Cc2ccc(I)cc2)c1Cl. The summed E-state index contributed by atoms with van der Waals surface area (Å²) in [7, 11) is 0. The first kappa shape index (κ1) is 13.6. The maximum atomic E-state index is 12.2. The Morgan fingerprint density at radius 1 is 1.17 bits per heavy atom. The van der Waals surface area contributed by atoms with Gasteiger partial charge < -0.3 is 0 Å². The van der Waals surface area contributed by atoms with Crippen molar-refractivity contribution in [2.75, 3.05) is 0 Å². The van der Waals surface area contributed by atoms with Crippen molar-refractivity contribution in [2.45, 2.75) is 13.3 Å². The van der Waals surface area contributed by atoms with Crippen molar-refractivity contribution >= 4 is 40.0 Å². The lowest BCUT2D eigenvalue weighted by Crippen LogP contribution is -2.05. The molecule has 0 radical (unpaired) electrons. The Bertz CT molecular complexity index is 576. The molecule has 2 aromatic carbocycles. The Hall–Kier alpha value is -0.870. The second-order valence-electron chi connectivity index (χ2n) is 4.16. The van der Waals surface area contributed by atoms with Gasteiger partial charge in [-0.05, 0) is 58.8 Å². The minimum atomic E-state index is 0.0601. The highest BCUT2D eigenvalue weighted by Gasteiger charge is 2.12. The molecule has 0 amide bonds. The molecule has 0 N–H and O–H groups in total. The van der Waals surface area contributed by atoms with E-state index >= 15 is 0 Å². The van der Waals surface area contributed by atoms with E-state index in [0.29, 0.717) is 17.0 Å². The second-order valence-corrected chi connectivity index (χ2v) is 5.79. The lowest BCUT2D eigenvalue weighted by atomic mass is 10.0. The number of carbonyl (C=O) groups is 1. The third kappa shape index (κ3) is 3.12. The van der Waals surface area contributed by atoms with Crippen LogP contribution in [-0.4, -0.2) is 5.78 Å². The van der Waals surface area contributed by atoms with Crippen LogP contribution >= 0.6 is 34.2 Å². The summed E-state index contributed by atoms with van der Waals surface area (Å²) in [5.41, 5.74) is 2.55. The number of carbonyl (C=O) groups excluding carboxylic acids is 1. The van der Waals surface area contributed by atoms with Crippen molar-refractivity contribution in [2.24, 2.45) is 0 Å². The fourth-order valence-corrected chi connectivity index (χ4v) is 2.34. The van der Waals surface area contributed by atoms with Crippen LogP contribution in [-0.2, 0) is 6.42 Å². The van der Waals surface area contributed by atoms with Crippen LogP contribution in [0.4, 0.5) is 0 Å². The molecule has 0 saturated heterocycles. The molecule has 0 aliphatic heterocycles. The van der Waals surface area contributed by atoms with Gasteiger partial charge in [-0.2, -0.15) is 0 Å². The molecule has 0 atom stereocenters. The van der Waals surface area contributed by atoms with E-state index in [2.05, 4.69) is 22.6 Å². The van der Waals surface area contributed by atoms with Crippen LogP contribution in [0.15, 0.2) is 42.5 Å². The predicted octanol–water partition coefficient (Wildman–Crippen LogP) is 4.68. The van der Waals surface area contributed by atoms with Gasteiger partial charge in [0.1, 0.15) is 0 Å². The molecule has 0 aliphatic carbocycles. The van der Waals surface area contributed by atoms with Gasteiger partial charge in [0.05, 0.1) is 5.02 Å². The first-order chi connectivity index (χ1) is 8.58. The van der Waals surface area contributed by atoms with Gasteiger partial charge in [0.25, 0.3) is 0 Å². The summed E-state index contributed by atoms with van der Waals surface area (Å²) in [5.74, 6) is 0.0601. The van der Waals surface area contributed by atoms with E-state index in [0.717, 1.165) is 14.7 Å². The lowest BCUT2D eigenvalue weighted by molar-refractivity contribution is 0.0993. The maximum Gasteiger partial charge on any atom is 0.168 e. The molecule has 0 heterocycles. The molecule has 3 heteroatoms. The lowest BCUT2D eigenvalue weighted by Gasteiger charge is -2.06. The van der Waals surface area contributed by atoms with Gasteiger partial charge in [-0.25, -0.2) is 0 Å². The standard InChI is InChI=1S/C15H12ClIO/c1-10-3-2-4-13(15(10)16)14(18)9-11-5-7-12(17)8-6-11/h2-8H,9H2,1H3. The zero-order chi connectivity index (χ0) is 13.1. The van der Waals surface area contributed by atoms with E-state index in [9.17, 15) is 4.79 Å². The van der Waals surface area contributed by atoms with Crippen LogP contribution in [0, 0.1) is 10.5 Å². The minimum absolute atomic E-state index is 0.0601.